The van der Waals surface area contributed by atoms with Gasteiger partial charge in [-0.25, -0.2) is 4.68 Å². The predicted octanol–water partition coefficient (Wildman–Crippen LogP) is 4.59. The van der Waals surface area contributed by atoms with Crippen LogP contribution in [-0.2, 0) is 6.42 Å². The van der Waals surface area contributed by atoms with Gasteiger partial charge in [-0.05, 0) is 25.0 Å². The molecule has 0 saturated heterocycles. The predicted molar refractivity (Wildman–Crippen MR) is 89.3 cm³/mol. The number of nitrogens with zero attached hydrogens (tertiary/aromatic N) is 2. The normalized spacial score (nSPS) is 10.8. The number of unbranched alkanes of at least 4 members (excludes halogenated alkanes) is 1. The first-order valence-electron chi connectivity index (χ1n) is 7.73. The Morgan fingerprint density at radius 1 is 0.955 bits per heavy atom. The van der Waals surface area contributed by atoms with Gasteiger partial charge in [0.15, 0.2) is 5.75 Å². The number of aryl methyl sites for hydroxylation is 1. The van der Waals surface area contributed by atoms with Crippen molar-refractivity contribution in [3.63, 3.8) is 0 Å². The molecule has 3 aromatic rings. The second-order valence-electron chi connectivity index (χ2n) is 5.36. The van der Waals surface area contributed by atoms with E-state index in [2.05, 4.69) is 12.0 Å². The number of rotatable bonds is 5. The van der Waals surface area contributed by atoms with E-state index in [0.29, 0.717) is 5.75 Å². The lowest BCUT2D eigenvalue weighted by atomic mass is 10.1. The number of aromatic hydroxyl groups is 1. The highest BCUT2D eigenvalue weighted by molar-refractivity contribution is 5.69. The van der Waals surface area contributed by atoms with Gasteiger partial charge in [0.2, 0.25) is 0 Å². The van der Waals surface area contributed by atoms with Gasteiger partial charge in [0, 0.05) is 5.56 Å². The van der Waals surface area contributed by atoms with Crippen molar-refractivity contribution in [1.29, 1.82) is 0 Å². The van der Waals surface area contributed by atoms with E-state index in [1.165, 1.54) is 0 Å². The van der Waals surface area contributed by atoms with Crippen LogP contribution in [0.5, 0.6) is 5.75 Å². The molecule has 2 aromatic carbocycles. The van der Waals surface area contributed by atoms with Crippen LogP contribution in [0.2, 0.25) is 0 Å². The fourth-order valence-corrected chi connectivity index (χ4v) is 2.58. The molecule has 0 aliphatic carbocycles. The molecule has 0 fully saturated rings. The lowest BCUT2D eigenvalue weighted by Gasteiger charge is -2.07. The molecule has 1 heterocycles. The molecule has 0 atom stereocenters. The standard InChI is InChI=1S/C19H20N2O/c1-2-3-14-17-19(22)18(15-10-6-4-7-11-15)21(20-17)16-12-8-5-9-13-16/h4-13,22H,2-3,14H2,1H3. The van der Waals surface area contributed by atoms with E-state index in [9.17, 15) is 5.11 Å². The van der Waals surface area contributed by atoms with E-state index in [0.717, 1.165) is 41.9 Å². The van der Waals surface area contributed by atoms with Crippen molar-refractivity contribution in [3.05, 3.63) is 66.4 Å². The molecule has 3 rings (SSSR count). The van der Waals surface area contributed by atoms with E-state index in [1.54, 1.807) is 0 Å². The molecule has 1 aromatic heterocycles. The van der Waals surface area contributed by atoms with Crippen LogP contribution < -0.4 is 0 Å². The molecule has 0 spiro atoms. The van der Waals surface area contributed by atoms with E-state index < -0.39 is 0 Å². The van der Waals surface area contributed by atoms with Crippen LogP contribution in [0.4, 0.5) is 0 Å². The van der Waals surface area contributed by atoms with Crippen LogP contribution >= 0.6 is 0 Å². The van der Waals surface area contributed by atoms with Crippen LogP contribution in [0, 0.1) is 0 Å². The van der Waals surface area contributed by atoms with Gasteiger partial charge in [0.25, 0.3) is 0 Å². The number of hydrogen-bond donors (Lipinski definition) is 1. The molecule has 3 heteroatoms. The van der Waals surface area contributed by atoms with Crippen LogP contribution in [0.15, 0.2) is 60.7 Å². The zero-order valence-electron chi connectivity index (χ0n) is 12.7. The third-order valence-corrected chi connectivity index (χ3v) is 3.75. The summed E-state index contributed by atoms with van der Waals surface area (Å²) in [6.45, 7) is 2.14. The molecule has 0 amide bonds. The van der Waals surface area contributed by atoms with Crippen LogP contribution in [-0.4, -0.2) is 14.9 Å². The molecule has 0 saturated carbocycles. The number of para-hydroxylation sites is 1. The van der Waals surface area contributed by atoms with Gasteiger partial charge in [-0.1, -0.05) is 61.9 Å². The Bertz CT molecular complexity index is 733. The topological polar surface area (TPSA) is 38.0 Å². The lowest BCUT2D eigenvalue weighted by molar-refractivity contribution is 0.469. The maximum atomic E-state index is 10.7. The molecule has 1 N–H and O–H groups in total. The van der Waals surface area contributed by atoms with Gasteiger partial charge in [-0.3, -0.25) is 0 Å². The fourth-order valence-electron chi connectivity index (χ4n) is 2.58. The zero-order valence-corrected chi connectivity index (χ0v) is 12.7. The second-order valence-corrected chi connectivity index (χ2v) is 5.36. The van der Waals surface area contributed by atoms with Crippen LogP contribution in [0.3, 0.4) is 0 Å². The Morgan fingerprint density at radius 2 is 1.59 bits per heavy atom. The quantitative estimate of drug-likeness (QED) is 0.747. The average molecular weight is 292 g/mol. The smallest absolute Gasteiger partial charge is 0.165 e. The van der Waals surface area contributed by atoms with Gasteiger partial charge in [-0.2, -0.15) is 5.10 Å². The maximum absolute atomic E-state index is 10.7. The summed E-state index contributed by atoms with van der Waals surface area (Å²) in [5.41, 5.74) is 3.46. The number of aromatic nitrogens is 2. The molecule has 0 radical (unpaired) electrons. The van der Waals surface area contributed by atoms with Crippen molar-refractivity contribution in [2.24, 2.45) is 0 Å². The van der Waals surface area contributed by atoms with Crippen molar-refractivity contribution in [2.75, 3.05) is 0 Å². The molecule has 112 valence electrons. The largest absolute Gasteiger partial charge is 0.504 e. The van der Waals surface area contributed by atoms with E-state index in [4.69, 9.17) is 0 Å². The van der Waals surface area contributed by atoms with Crippen molar-refractivity contribution in [2.45, 2.75) is 26.2 Å². The van der Waals surface area contributed by atoms with E-state index in [-0.39, 0.29) is 0 Å². The monoisotopic (exact) mass is 292 g/mol. The molecular formula is C19H20N2O. The van der Waals surface area contributed by atoms with Gasteiger partial charge in [0.05, 0.1) is 5.69 Å². The molecule has 0 unspecified atom stereocenters. The highest BCUT2D eigenvalue weighted by Crippen LogP contribution is 2.34. The minimum Gasteiger partial charge on any atom is -0.504 e. The van der Waals surface area contributed by atoms with Crippen molar-refractivity contribution < 1.29 is 5.11 Å². The lowest BCUT2D eigenvalue weighted by Crippen LogP contribution is -1.99. The Labute approximate surface area is 130 Å². The van der Waals surface area contributed by atoms with Gasteiger partial charge < -0.3 is 5.11 Å². The average Bonchev–Trinajstić information content (AvgIpc) is 2.91. The Kier molecular flexibility index (Phi) is 4.24. The first-order valence-corrected chi connectivity index (χ1v) is 7.73. The molecule has 22 heavy (non-hydrogen) atoms. The van der Waals surface area contributed by atoms with Gasteiger partial charge in [-0.15, -0.1) is 0 Å². The molecule has 3 nitrogen and oxygen atoms in total. The number of hydrogen-bond acceptors (Lipinski definition) is 2. The second kappa shape index (κ2) is 6.48. The maximum Gasteiger partial charge on any atom is 0.165 e. The SMILES string of the molecule is CCCCc1nn(-c2ccccc2)c(-c2ccccc2)c1O. The summed E-state index contributed by atoms with van der Waals surface area (Å²) in [5.74, 6) is 0.295. The van der Waals surface area contributed by atoms with Crippen molar-refractivity contribution in [3.8, 4) is 22.7 Å². The van der Waals surface area contributed by atoms with Crippen molar-refractivity contribution >= 4 is 0 Å². The first-order chi connectivity index (χ1) is 10.8. The van der Waals surface area contributed by atoms with Crippen LogP contribution in [0.25, 0.3) is 16.9 Å². The van der Waals surface area contributed by atoms with E-state index in [1.807, 2.05) is 65.3 Å². The summed E-state index contributed by atoms with van der Waals surface area (Å²) < 4.78 is 1.84. The Balaban J connectivity index is 2.15. The van der Waals surface area contributed by atoms with E-state index >= 15 is 0 Å². The summed E-state index contributed by atoms with van der Waals surface area (Å²) in [4.78, 5) is 0. The summed E-state index contributed by atoms with van der Waals surface area (Å²) >= 11 is 0. The summed E-state index contributed by atoms with van der Waals surface area (Å²) in [7, 11) is 0. The number of benzene rings is 2. The summed E-state index contributed by atoms with van der Waals surface area (Å²) in [6, 6.07) is 19.9. The molecule has 0 aliphatic rings. The fraction of sp³-hybridized carbons (Fsp3) is 0.211. The highest BCUT2D eigenvalue weighted by atomic mass is 16.3. The third-order valence-electron chi connectivity index (χ3n) is 3.75. The van der Waals surface area contributed by atoms with Crippen molar-refractivity contribution in [1.82, 2.24) is 9.78 Å². The molecular weight excluding hydrogens is 272 g/mol. The highest BCUT2D eigenvalue weighted by Gasteiger charge is 2.19. The minimum atomic E-state index is 0.295. The van der Waals surface area contributed by atoms with Gasteiger partial charge >= 0.3 is 0 Å². The summed E-state index contributed by atoms with van der Waals surface area (Å²) in [6.07, 6.45) is 2.90. The Morgan fingerprint density at radius 3 is 2.23 bits per heavy atom. The molecule has 0 aliphatic heterocycles. The zero-order chi connectivity index (χ0) is 15.4. The minimum absolute atomic E-state index is 0.295. The Hall–Kier alpha value is -2.55. The molecule has 0 bridgehead atoms. The summed E-state index contributed by atoms with van der Waals surface area (Å²) in [5, 5.41) is 15.3. The van der Waals surface area contributed by atoms with Gasteiger partial charge in [0.1, 0.15) is 11.4 Å². The third kappa shape index (κ3) is 2.75. The van der Waals surface area contributed by atoms with Crippen LogP contribution in [0.1, 0.15) is 25.5 Å². The first kappa shape index (κ1) is 14.4.